The largest absolute Gasteiger partial charge is 0.360 e. The molecule has 0 aliphatic carbocycles. The number of thiophene rings is 1. The van der Waals surface area contributed by atoms with Crippen molar-refractivity contribution < 1.29 is 9.53 Å². The van der Waals surface area contributed by atoms with Crippen LogP contribution in [0.3, 0.4) is 0 Å². The number of unbranched alkanes of at least 4 members (excludes halogenated alkanes) is 1. The molecule has 0 N–H and O–H groups in total. The zero-order valence-corrected chi connectivity index (χ0v) is 19.3. The molecule has 1 atom stereocenters. The number of carbonyl (C=O) groups is 1. The highest BCUT2D eigenvalue weighted by atomic mass is 32.1. The number of carbonyl (C=O) groups excluding carboxylic acids is 1. The fourth-order valence-electron chi connectivity index (χ4n) is 3.69. The van der Waals surface area contributed by atoms with E-state index in [1.165, 1.54) is 34.2 Å². The zero-order chi connectivity index (χ0) is 21.2. The average Bonchev–Trinajstić information content (AvgIpc) is 3.04. The van der Waals surface area contributed by atoms with E-state index in [9.17, 15) is 4.79 Å². The van der Waals surface area contributed by atoms with Crippen LogP contribution in [-0.2, 0) is 16.0 Å². The lowest BCUT2D eigenvalue weighted by Crippen LogP contribution is -2.26. The third-order valence-electron chi connectivity index (χ3n) is 5.15. The van der Waals surface area contributed by atoms with Crippen molar-refractivity contribution in [3.8, 4) is 10.4 Å². The maximum atomic E-state index is 12.7. The van der Waals surface area contributed by atoms with Gasteiger partial charge >= 0.3 is 0 Å². The van der Waals surface area contributed by atoms with Crippen LogP contribution in [0.25, 0.3) is 20.5 Å². The number of ketones is 1. The van der Waals surface area contributed by atoms with Crippen molar-refractivity contribution >= 4 is 27.2 Å². The molecule has 0 bridgehead atoms. The monoisotopic (exact) mass is 408 g/mol. The molecule has 0 amide bonds. The first-order chi connectivity index (χ1) is 13.7. The van der Waals surface area contributed by atoms with Gasteiger partial charge in [-0.05, 0) is 75.6 Å². The first-order valence-electron chi connectivity index (χ1n) is 10.5. The third-order valence-corrected chi connectivity index (χ3v) is 6.38. The summed E-state index contributed by atoms with van der Waals surface area (Å²) in [5.74, 6) is 0.0445. The fourth-order valence-corrected chi connectivity index (χ4v) is 4.91. The van der Waals surface area contributed by atoms with Crippen LogP contribution in [0.1, 0.15) is 70.3 Å². The SMILES string of the molecule is CCCCc1cc(-c2sc3ccccc3c2C(OC(C)(C)C)C(C)=O)ccc1C. The molecule has 0 aliphatic rings. The zero-order valence-electron chi connectivity index (χ0n) is 18.5. The molecule has 3 rings (SSSR count). The topological polar surface area (TPSA) is 26.3 Å². The van der Waals surface area contributed by atoms with Gasteiger partial charge in [0.1, 0.15) is 6.10 Å². The molecule has 3 heteroatoms. The van der Waals surface area contributed by atoms with Gasteiger partial charge in [-0.2, -0.15) is 0 Å². The summed E-state index contributed by atoms with van der Waals surface area (Å²) in [6.45, 7) is 12.1. The van der Waals surface area contributed by atoms with Crippen LogP contribution in [0.5, 0.6) is 0 Å². The molecule has 0 aliphatic heterocycles. The number of Topliss-reactive ketones (excluding diaryl/α,β-unsaturated/α-hetero) is 1. The average molecular weight is 409 g/mol. The molecule has 154 valence electrons. The highest BCUT2D eigenvalue weighted by molar-refractivity contribution is 7.22. The van der Waals surface area contributed by atoms with Gasteiger partial charge < -0.3 is 4.74 Å². The molecule has 1 aromatic heterocycles. The van der Waals surface area contributed by atoms with Crippen molar-refractivity contribution in [1.82, 2.24) is 0 Å². The lowest BCUT2D eigenvalue weighted by Gasteiger charge is -2.27. The predicted octanol–water partition coefficient (Wildman–Crippen LogP) is 7.66. The van der Waals surface area contributed by atoms with Crippen molar-refractivity contribution in [3.05, 3.63) is 59.2 Å². The van der Waals surface area contributed by atoms with Crippen LogP contribution in [-0.4, -0.2) is 11.4 Å². The molecule has 3 aromatic rings. The van der Waals surface area contributed by atoms with Crippen LogP contribution in [0.2, 0.25) is 0 Å². The van der Waals surface area contributed by atoms with Crippen LogP contribution in [0, 0.1) is 6.92 Å². The summed E-state index contributed by atoms with van der Waals surface area (Å²) in [6.07, 6.45) is 2.89. The van der Waals surface area contributed by atoms with Gasteiger partial charge in [0.25, 0.3) is 0 Å². The lowest BCUT2D eigenvalue weighted by molar-refractivity contribution is -0.138. The maximum Gasteiger partial charge on any atom is 0.163 e. The summed E-state index contributed by atoms with van der Waals surface area (Å²) >= 11 is 1.75. The molecule has 1 unspecified atom stereocenters. The number of benzene rings is 2. The molecule has 2 nitrogen and oxygen atoms in total. The van der Waals surface area contributed by atoms with Crippen LogP contribution < -0.4 is 0 Å². The first-order valence-corrected chi connectivity index (χ1v) is 11.3. The van der Waals surface area contributed by atoms with E-state index in [0.717, 1.165) is 22.2 Å². The predicted molar refractivity (Wildman–Crippen MR) is 125 cm³/mol. The summed E-state index contributed by atoms with van der Waals surface area (Å²) < 4.78 is 7.48. The normalized spacial score (nSPS) is 13.0. The standard InChI is InChI=1S/C26H32O2S/c1-7-8-11-19-16-20(15-14-17(19)2)25-23(21-12-9-10-13-22(21)29-25)24(18(3)27)28-26(4,5)6/h9-10,12-16,24H,7-8,11H2,1-6H3. The molecule has 0 fully saturated rings. The molecule has 0 radical (unpaired) electrons. The Morgan fingerprint density at radius 2 is 1.86 bits per heavy atom. The Bertz CT molecular complexity index is 1010. The number of hydrogen-bond acceptors (Lipinski definition) is 3. The van der Waals surface area contributed by atoms with Crippen molar-refractivity contribution in [2.45, 2.75) is 72.5 Å². The summed E-state index contributed by atoms with van der Waals surface area (Å²) in [7, 11) is 0. The van der Waals surface area contributed by atoms with E-state index >= 15 is 0 Å². The first kappa shape index (κ1) is 21.7. The third kappa shape index (κ3) is 4.96. The smallest absolute Gasteiger partial charge is 0.163 e. The Hall–Kier alpha value is -1.97. The molecular formula is C26H32O2S. The molecular weight excluding hydrogens is 376 g/mol. The molecule has 1 heterocycles. The summed E-state index contributed by atoms with van der Waals surface area (Å²) in [6, 6.07) is 15.1. The number of ether oxygens (including phenoxy) is 1. The highest BCUT2D eigenvalue weighted by Crippen LogP contribution is 2.44. The van der Waals surface area contributed by atoms with E-state index in [0.29, 0.717) is 0 Å². The molecule has 2 aromatic carbocycles. The second-order valence-electron chi connectivity index (χ2n) is 8.81. The van der Waals surface area contributed by atoms with Crippen LogP contribution in [0.4, 0.5) is 0 Å². The van der Waals surface area contributed by atoms with Crippen molar-refractivity contribution in [2.75, 3.05) is 0 Å². The van der Waals surface area contributed by atoms with Gasteiger partial charge in [0.15, 0.2) is 5.78 Å². The maximum absolute atomic E-state index is 12.7. The van der Waals surface area contributed by atoms with E-state index in [4.69, 9.17) is 4.74 Å². The summed E-state index contributed by atoms with van der Waals surface area (Å²) in [4.78, 5) is 13.8. The van der Waals surface area contributed by atoms with E-state index in [1.54, 1.807) is 18.3 Å². The fraction of sp³-hybridized carbons (Fsp3) is 0.423. The lowest BCUT2D eigenvalue weighted by atomic mass is 9.95. The van der Waals surface area contributed by atoms with Crippen molar-refractivity contribution in [3.63, 3.8) is 0 Å². The number of aryl methyl sites for hydroxylation is 2. The Labute approximate surface area is 178 Å². The van der Waals surface area contributed by atoms with Gasteiger partial charge in [0.05, 0.1) is 5.60 Å². The Morgan fingerprint density at radius 1 is 1.14 bits per heavy atom. The van der Waals surface area contributed by atoms with Gasteiger partial charge in [-0.25, -0.2) is 0 Å². The van der Waals surface area contributed by atoms with E-state index in [1.807, 2.05) is 26.8 Å². The Balaban J connectivity index is 2.21. The molecule has 0 spiro atoms. The van der Waals surface area contributed by atoms with Gasteiger partial charge in [-0.1, -0.05) is 49.7 Å². The molecule has 0 saturated heterocycles. The Morgan fingerprint density at radius 3 is 2.52 bits per heavy atom. The van der Waals surface area contributed by atoms with Crippen LogP contribution >= 0.6 is 11.3 Å². The van der Waals surface area contributed by atoms with E-state index < -0.39 is 11.7 Å². The minimum atomic E-state index is -0.568. The number of hydrogen-bond donors (Lipinski definition) is 0. The van der Waals surface area contributed by atoms with Crippen molar-refractivity contribution in [1.29, 1.82) is 0 Å². The van der Waals surface area contributed by atoms with E-state index in [-0.39, 0.29) is 5.78 Å². The summed E-state index contributed by atoms with van der Waals surface area (Å²) in [5.41, 5.74) is 4.51. The molecule has 29 heavy (non-hydrogen) atoms. The second kappa shape index (κ2) is 8.81. The van der Waals surface area contributed by atoms with Gasteiger partial charge in [-0.3, -0.25) is 4.79 Å². The van der Waals surface area contributed by atoms with Gasteiger partial charge in [-0.15, -0.1) is 11.3 Å². The number of rotatable bonds is 7. The minimum absolute atomic E-state index is 0.0445. The highest BCUT2D eigenvalue weighted by Gasteiger charge is 2.30. The van der Waals surface area contributed by atoms with Crippen molar-refractivity contribution in [2.24, 2.45) is 0 Å². The molecule has 0 saturated carbocycles. The van der Waals surface area contributed by atoms with Crippen LogP contribution in [0.15, 0.2) is 42.5 Å². The number of fused-ring (bicyclic) bond motifs is 1. The summed E-state index contributed by atoms with van der Waals surface area (Å²) in [5, 5.41) is 1.12. The van der Waals surface area contributed by atoms with Gasteiger partial charge in [0.2, 0.25) is 0 Å². The van der Waals surface area contributed by atoms with E-state index in [2.05, 4.69) is 50.2 Å². The Kier molecular flexibility index (Phi) is 6.60. The second-order valence-corrected chi connectivity index (χ2v) is 9.86. The van der Waals surface area contributed by atoms with Gasteiger partial charge in [0, 0.05) is 15.1 Å². The quantitative estimate of drug-likeness (QED) is 0.401. The minimum Gasteiger partial charge on any atom is -0.360 e.